The number of primary amides is 1. The Balaban J connectivity index is 1.72. The van der Waals surface area contributed by atoms with Gasteiger partial charge in [-0.15, -0.1) is 0 Å². The minimum atomic E-state index is -1.58. The Morgan fingerprint density at radius 3 is 1.99 bits per heavy atom. The van der Waals surface area contributed by atoms with Gasteiger partial charge >= 0.3 is 11.9 Å². The van der Waals surface area contributed by atoms with Crippen LogP contribution in [0.5, 0.6) is 0 Å². The second kappa shape index (κ2) is 31.5. The van der Waals surface area contributed by atoms with E-state index in [2.05, 4.69) is 21.3 Å². The highest BCUT2D eigenvalue weighted by Crippen LogP contribution is 2.25. The molecule has 5 amide bonds. The minimum absolute atomic E-state index is 0.0954. The first kappa shape index (κ1) is 62.0. The SMILES string of the molecule is CC(C)C[C@H](CC(=O)[C@H](Cc1ccccc1)NC(=O)[C@H](CC(=O)O)CC(=O)[C@H](CCC(N)=O)NC(=O)CCC(=O)[C@@H]1C[C@@H](O)CN1)C(=O)N[C@@H](C)C(=O)CCC(=O)N1CCC[C@H]1C(=O)C[C@@H](CCCCN)C(=O)O. The average Bonchev–Trinajstić information content (AvgIpc) is 4.02. The van der Waals surface area contributed by atoms with E-state index in [1.807, 2.05) is 13.8 Å². The van der Waals surface area contributed by atoms with Crippen LogP contribution in [0.2, 0.25) is 0 Å². The summed E-state index contributed by atoms with van der Waals surface area (Å²) in [5, 5.41) is 39.9. The van der Waals surface area contributed by atoms with Crippen molar-refractivity contribution in [1.29, 1.82) is 0 Å². The maximum Gasteiger partial charge on any atom is 0.306 e. The number of nitrogens with one attached hydrogen (secondary N) is 4. The number of nitrogens with zero attached hydrogens (tertiary/aromatic N) is 1. The van der Waals surface area contributed by atoms with E-state index in [0.29, 0.717) is 37.8 Å². The second-order valence-electron chi connectivity index (χ2n) is 20.1. The number of aliphatic hydroxyl groups excluding tert-OH is 1. The van der Waals surface area contributed by atoms with Crippen LogP contribution in [-0.4, -0.2) is 147 Å². The number of carboxylic acid groups (broad SMARTS) is 2. The molecule has 0 aliphatic carbocycles. The molecule has 11 N–H and O–H groups in total. The van der Waals surface area contributed by atoms with Crippen molar-refractivity contribution in [2.24, 2.45) is 35.1 Å². The van der Waals surface area contributed by atoms with E-state index >= 15 is 0 Å². The van der Waals surface area contributed by atoms with Gasteiger partial charge in [-0.1, -0.05) is 50.6 Å². The number of carbonyl (C=O) groups excluding carboxylic acids is 10. The van der Waals surface area contributed by atoms with Crippen LogP contribution in [0.4, 0.5) is 0 Å². The van der Waals surface area contributed by atoms with Crippen molar-refractivity contribution < 1.29 is 72.9 Å². The Morgan fingerprint density at radius 1 is 0.716 bits per heavy atom. The quantitative estimate of drug-likeness (QED) is 0.0421. The number of carboxylic acids is 2. The number of unbranched alkanes of at least 4 members (excludes halogenated alkanes) is 1. The number of hydrogen-bond acceptors (Lipinski definition) is 15. The molecular formula is C52H77N7O15. The third-order valence-electron chi connectivity index (χ3n) is 13.5. The van der Waals surface area contributed by atoms with Gasteiger partial charge in [0.15, 0.2) is 23.1 Å². The van der Waals surface area contributed by atoms with E-state index in [1.165, 1.54) is 11.8 Å². The summed E-state index contributed by atoms with van der Waals surface area (Å²) in [5.41, 5.74) is 11.4. The van der Waals surface area contributed by atoms with Crippen LogP contribution in [0.25, 0.3) is 0 Å². The van der Waals surface area contributed by atoms with Crippen molar-refractivity contribution in [2.45, 2.75) is 173 Å². The standard InChI is InChI=1S/C52H77N7O15/c1-30(2)22-34(50(71)56-31(3)41(61)16-19-48(68)59-21-9-13-40(59)45(65)24-33(52(73)74)12-7-8-20-53)25-44(64)39(23-32-10-5-4-6-11-32)58-51(72)35(27-49(69)70)26-43(63)37(14-17-46(54)66)57-47(67)18-15-42(62)38-28-36(60)29-55-38/h4-6,10-11,30-31,33-40,55,60H,7-9,12-29,53H2,1-3H3,(H2,54,66)(H,56,71)(H,57,67)(H,58,72)(H,69,70)(H,73,74)/t31-,33+,34+,35-,36+,37-,38-,39-,40-/m0/s1. The van der Waals surface area contributed by atoms with Crippen molar-refractivity contribution >= 4 is 70.4 Å². The highest BCUT2D eigenvalue weighted by molar-refractivity contribution is 5.98. The molecule has 3 rings (SSSR count). The lowest BCUT2D eigenvalue weighted by atomic mass is 9.87. The number of carbonyl (C=O) groups is 12. The zero-order chi connectivity index (χ0) is 55.1. The van der Waals surface area contributed by atoms with Gasteiger partial charge in [0, 0.05) is 70.4 Å². The van der Waals surface area contributed by atoms with Gasteiger partial charge in [0.25, 0.3) is 0 Å². The summed E-state index contributed by atoms with van der Waals surface area (Å²) in [5.74, 6) is -12.4. The number of benzene rings is 1. The fraction of sp³-hybridized carbons (Fsp3) is 0.654. The zero-order valence-electron chi connectivity index (χ0n) is 42.9. The molecule has 0 radical (unpaired) electrons. The lowest BCUT2D eigenvalue weighted by molar-refractivity contribution is -0.145. The Labute approximate surface area is 431 Å². The summed E-state index contributed by atoms with van der Waals surface area (Å²) in [6.45, 7) is 5.96. The minimum Gasteiger partial charge on any atom is -0.481 e. The predicted molar refractivity (Wildman–Crippen MR) is 267 cm³/mol. The molecule has 0 bridgehead atoms. The molecular weight excluding hydrogens is 963 g/mol. The number of Topliss-reactive ketones (excluding diaryl/α,β-unsaturated/α-hetero) is 5. The number of aliphatic hydroxyl groups is 1. The van der Waals surface area contributed by atoms with Crippen LogP contribution in [-0.2, 0) is 64.0 Å². The van der Waals surface area contributed by atoms with Gasteiger partial charge in [-0.25, -0.2) is 0 Å². The van der Waals surface area contributed by atoms with Crippen molar-refractivity contribution in [2.75, 3.05) is 19.6 Å². The summed E-state index contributed by atoms with van der Waals surface area (Å²) < 4.78 is 0. The highest BCUT2D eigenvalue weighted by Gasteiger charge is 2.38. The van der Waals surface area contributed by atoms with E-state index in [0.717, 1.165) is 0 Å². The Kier molecular flexibility index (Phi) is 26.4. The molecule has 1 aromatic rings. The summed E-state index contributed by atoms with van der Waals surface area (Å²) in [6.07, 6.45) is -2.15. The van der Waals surface area contributed by atoms with E-state index in [1.54, 1.807) is 30.3 Å². The number of rotatable bonds is 36. The van der Waals surface area contributed by atoms with Crippen molar-refractivity contribution in [3.63, 3.8) is 0 Å². The Morgan fingerprint density at radius 2 is 1.38 bits per heavy atom. The molecule has 410 valence electrons. The van der Waals surface area contributed by atoms with E-state index in [4.69, 9.17) is 11.5 Å². The maximum absolute atomic E-state index is 14.3. The van der Waals surface area contributed by atoms with E-state index < -0.39 is 132 Å². The summed E-state index contributed by atoms with van der Waals surface area (Å²) >= 11 is 0. The molecule has 2 saturated heterocycles. The lowest BCUT2D eigenvalue weighted by Crippen LogP contribution is -2.49. The van der Waals surface area contributed by atoms with Crippen LogP contribution >= 0.6 is 0 Å². The molecule has 2 heterocycles. The van der Waals surface area contributed by atoms with Crippen molar-refractivity contribution in [3.05, 3.63) is 35.9 Å². The molecule has 0 unspecified atom stereocenters. The molecule has 0 saturated carbocycles. The van der Waals surface area contributed by atoms with Crippen LogP contribution in [0.15, 0.2) is 30.3 Å². The third kappa shape index (κ3) is 21.7. The average molecular weight is 1040 g/mol. The number of nitrogens with two attached hydrogens (primary N) is 2. The van der Waals surface area contributed by atoms with Gasteiger partial charge < -0.3 is 53.0 Å². The molecule has 2 fully saturated rings. The van der Waals surface area contributed by atoms with Crippen LogP contribution in [0.3, 0.4) is 0 Å². The molecule has 0 aromatic heterocycles. The van der Waals surface area contributed by atoms with Crippen molar-refractivity contribution in [1.82, 2.24) is 26.2 Å². The topological polar surface area (TPSA) is 369 Å². The third-order valence-corrected chi connectivity index (χ3v) is 13.5. The number of hydrogen-bond donors (Lipinski definition) is 9. The molecule has 22 heteroatoms. The van der Waals surface area contributed by atoms with E-state index in [-0.39, 0.29) is 101 Å². The summed E-state index contributed by atoms with van der Waals surface area (Å²) in [6, 6.07) is 3.22. The Hall–Kier alpha value is -6.26. The van der Waals surface area contributed by atoms with E-state index in [9.17, 15) is 72.9 Å². The smallest absolute Gasteiger partial charge is 0.306 e. The monoisotopic (exact) mass is 1040 g/mol. The molecule has 1 aromatic carbocycles. The van der Waals surface area contributed by atoms with Gasteiger partial charge in [-0.05, 0) is 76.3 Å². The lowest BCUT2D eigenvalue weighted by Gasteiger charge is -2.26. The van der Waals surface area contributed by atoms with Gasteiger partial charge in [-0.2, -0.15) is 0 Å². The first-order valence-corrected chi connectivity index (χ1v) is 25.7. The molecule has 9 atom stereocenters. The highest BCUT2D eigenvalue weighted by atomic mass is 16.4. The molecule has 2 aliphatic rings. The van der Waals surface area contributed by atoms with Crippen molar-refractivity contribution in [3.8, 4) is 0 Å². The number of aliphatic carboxylic acids is 2. The molecule has 2 aliphatic heterocycles. The summed E-state index contributed by atoms with van der Waals surface area (Å²) in [7, 11) is 0. The fourth-order valence-electron chi connectivity index (χ4n) is 9.34. The number of amides is 5. The van der Waals surface area contributed by atoms with Gasteiger partial charge in [0.05, 0.1) is 54.6 Å². The van der Waals surface area contributed by atoms with Gasteiger partial charge in [0.2, 0.25) is 29.5 Å². The zero-order valence-corrected chi connectivity index (χ0v) is 42.9. The normalized spacial score (nSPS) is 18.8. The number of β-amino-alcohol motifs (C(OH)–C–C–N with tert-alkyl or cyclic N) is 1. The van der Waals surface area contributed by atoms with Crippen LogP contribution in [0.1, 0.15) is 135 Å². The molecule has 74 heavy (non-hydrogen) atoms. The maximum atomic E-state index is 14.3. The summed E-state index contributed by atoms with van der Waals surface area (Å²) in [4.78, 5) is 159. The Bertz CT molecular complexity index is 2150. The first-order chi connectivity index (χ1) is 35.0. The largest absolute Gasteiger partial charge is 0.481 e. The fourth-order valence-corrected chi connectivity index (χ4v) is 9.34. The van der Waals surface area contributed by atoms with Gasteiger partial charge in [0.1, 0.15) is 5.78 Å². The number of ketones is 5. The number of likely N-dealkylation sites (tertiary alicyclic amines) is 1. The molecule has 22 nitrogen and oxygen atoms in total. The molecule has 0 spiro atoms. The predicted octanol–water partition coefficient (Wildman–Crippen LogP) is 0.842. The van der Waals surface area contributed by atoms with Gasteiger partial charge in [-0.3, -0.25) is 57.5 Å². The van der Waals surface area contributed by atoms with Crippen LogP contribution in [0, 0.1) is 23.7 Å². The second-order valence-corrected chi connectivity index (χ2v) is 20.1. The first-order valence-electron chi connectivity index (χ1n) is 25.7. The van der Waals surface area contributed by atoms with Crippen LogP contribution < -0.4 is 32.7 Å².